The van der Waals surface area contributed by atoms with Crippen LogP contribution in [0.25, 0.3) is 5.76 Å². The molecule has 2 heterocycles. The molecule has 31 heavy (non-hydrogen) atoms. The summed E-state index contributed by atoms with van der Waals surface area (Å²) in [7, 11) is 0. The minimum Gasteiger partial charge on any atom is -0.507 e. The number of Topliss-reactive ketones (excluding diaryl/α,β-unsaturated/α-hetero) is 1. The molecule has 1 aromatic heterocycles. The number of nitro groups is 1. The van der Waals surface area contributed by atoms with Crippen LogP contribution < -0.4 is 0 Å². The molecule has 0 radical (unpaired) electrons. The van der Waals surface area contributed by atoms with Crippen molar-refractivity contribution in [1.29, 1.82) is 0 Å². The number of furan rings is 1. The van der Waals surface area contributed by atoms with Crippen molar-refractivity contribution in [3.63, 3.8) is 0 Å². The zero-order valence-corrected chi connectivity index (χ0v) is 16.7. The van der Waals surface area contributed by atoms with Gasteiger partial charge >= 0.3 is 0 Å². The van der Waals surface area contributed by atoms with E-state index in [2.05, 4.69) is 0 Å². The van der Waals surface area contributed by atoms with Crippen molar-refractivity contribution in [3.8, 4) is 0 Å². The second-order valence-electron chi connectivity index (χ2n) is 6.87. The van der Waals surface area contributed by atoms with Crippen molar-refractivity contribution >= 4 is 34.7 Å². The predicted octanol–water partition coefficient (Wildman–Crippen LogP) is 4.46. The van der Waals surface area contributed by atoms with Crippen LogP contribution >= 0.6 is 11.6 Å². The number of carbonyl (C=O) groups excluding carboxylic acids is 2. The Kier molecular flexibility index (Phi) is 5.31. The van der Waals surface area contributed by atoms with Gasteiger partial charge in [0.15, 0.2) is 0 Å². The zero-order chi connectivity index (χ0) is 22.1. The molecule has 1 saturated heterocycles. The van der Waals surface area contributed by atoms with Crippen LogP contribution in [0.1, 0.15) is 22.9 Å². The van der Waals surface area contributed by atoms with Crippen molar-refractivity contribution in [1.82, 2.24) is 4.90 Å². The van der Waals surface area contributed by atoms with Gasteiger partial charge in [-0.3, -0.25) is 19.7 Å². The molecule has 1 aliphatic heterocycles. The number of hydrogen-bond donors (Lipinski definition) is 1. The maximum atomic E-state index is 12.9. The highest BCUT2D eigenvalue weighted by Gasteiger charge is 2.46. The number of nitrogens with zero attached hydrogens (tertiary/aromatic N) is 2. The average Bonchev–Trinajstić information content (AvgIpc) is 3.36. The molecule has 1 aliphatic rings. The van der Waals surface area contributed by atoms with Gasteiger partial charge in [0.25, 0.3) is 17.4 Å². The predicted molar refractivity (Wildman–Crippen MR) is 111 cm³/mol. The van der Waals surface area contributed by atoms with Gasteiger partial charge < -0.3 is 14.4 Å². The summed E-state index contributed by atoms with van der Waals surface area (Å²) in [6, 6.07) is 14.0. The molecule has 156 valence electrons. The summed E-state index contributed by atoms with van der Waals surface area (Å²) in [5.41, 5.74) is 0.234. The molecule has 0 aliphatic carbocycles. The lowest BCUT2D eigenvalue weighted by atomic mass is 9.95. The molecule has 0 bridgehead atoms. The second kappa shape index (κ2) is 8.08. The molecule has 2 aromatic carbocycles. The molecule has 1 atom stereocenters. The standard InChI is InChI=1S/C22H15ClN2O6/c23-15-8-6-13(7-9-15)20(26)18-19(14-3-1-4-16(11-14)25(29)30)24(22(28)21(18)27)12-17-5-2-10-31-17/h1-11,19,26H,12H2/t19-/m1/s1. The number of likely N-dealkylation sites (tertiary alicyclic amines) is 1. The van der Waals surface area contributed by atoms with Gasteiger partial charge in [-0.15, -0.1) is 0 Å². The van der Waals surface area contributed by atoms with E-state index in [0.29, 0.717) is 16.3 Å². The summed E-state index contributed by atoms with van der Waals surface area (Å²) in [6.07, 6.45) is 1.43. The average molecular weight is 439 g/mol. The number of non-ortho nitro benzene ring substituents is 1. The van der Waals surface area contributed by atoms with Crippen LogP contribution in [0, 0.1) is 10.1 Å². The Labute approximate surface area is 181 Å². The van der Waals surface area contributed by atoms with Crippen molar-refractivity contribution in [2.75, 3.05) is 0 Å². The van der Waals surface area contributed by atoms with Gasteiger partial charge in [0.1, 0.15) is 11.5 Å². The Morgan fingerprint density at radius 3 is 2.52 bits per heavy atom. The lowest BCUT2D eigenvalue weighted by Gasteiger charge is -2.24. The number of carbonyl (C=O) groups is 2. The Morgan fingerprint density at radius 1 is 1.13 bits per heavy atom. The fraction of sp³-hybridized carbons (Fsp3) is 0.0909. The Balaban J connectivity index is 1.89. The molecule has 1 amide bonds. The summed E-state index contributed by atoms with van der Waals surface area (Å²) < 4.78 is 5.31. The van der Waals surface area contributed by atoms with Crippen LogP contribution in [0.15, 0.2) is 76.9 Å². The SMILES string of the molecule is O=C1C(=O)N(Cc2ccco2)[C@H](c2cccc([N+](=O)[O-])c2)C1=C(O)c1ccc(Cl)cc1. The highest BCUT2D eigenvalue weighted by atomic mass is 35.5. The van der Waals surface area contributed by atoms with Gasteiger partial charge in [-0.2, -0.15) is 0 Å². The lowest BCUT2D eigenvalue weighted by molar-refractivity contribution is -0.384. The Morgan fingerprint density at radius 2 is 1.87 bits per heavy atom. The molecule has 9 heteroatoms. The maximum absolute atomic E-state index is 12.9. The summed E-state index contributed by atoms with van der Waals surface area (Å²) in [5, 5.41) is 22.6. The molecule has 1 N–H and O–H groups in total. The van der Waals surface area contributed by atoms with Crippen molar-refractivity contribution in [2.45, 2.75) is 12.6 Å². The minimum absolute atomic E-state index is 0.0532. The Hall–Kier alpha value is -3.91. The lowest BCUT2D eigenvalue weighted by Crippen LogP contribution is -2.29. The van der Waals surface area contributed by atoms with Crippen LogP contribution in [0.5, 0.6) is 0 Å². The van der Waals surface area contributed by atoms with Gasteiger partial charge in [-0.1, -0.05) is 23.7 Å². The molecule has 0 saturated carbocycles. The highest BCUT2D eigenvalue weighted by Crippen LogP contribution is 2.41. The number of hydrogen-bond acceptors (Lipinski definition) is 6. The number of ketones is 1. The van der Waals surface area contributed by atoms with Crippen molar-refractivity contribution < 1.29 is 24.0 Å². The van der Waals surface area contributed by atoms with E-state index in [-0.39, 0.29) is 23.4 Å². The van der Waals surface area contributed by atoms with E-state index in [1.807, 2.05) is 0 Å². The van der Waals surface area contributed by atoms with Gasteiger partial charge in [0, 0.05) is 22.7 Å². The minimum atomic E-state index is -1.04. The quantitative estimate of drug-likeness (QED) is 0.207. The monoisotopic (exact) mass is 438 g/mol. The highest BCUT2D eigenvalue weighted by molar-refractivity contribution is 6.46. The number of amides is 1. The number of halogens is 1. The summed E-state index contributed by atoms with van der Waals surface area (Å²) >= 11 is 5.90. The van der Waals surface area contributed by atoms with Crippen LogP contribution in [0.2, 0.25) is 5.02 Å². The van der Waals surface area contributed by atoms with Crippen LogP contribution in [0.3, 0.4) is 0 Å². The topological polar surface area (TPSA) is 114 Å². The second-order valence-corrected chi connectivity index (χ2v) is 7.30. The number of aliphatic hydroxyl groups is 1. The molecule has 4 rings (SSSR count). The first-order chi connectivity index (χ1) is 14.9. The molecule has 1 fully saturated rings. The molecule has 3 aromatic rings. The molecule has 0 unspecified atom stereocenters. The van der Waals surface area contributed by atoms with Gasteiger partial charge in [-0.25, -0.2) is 0 Å². The maximum Gasteiger partial charge on any atom is 0.296 e. The van der Waals surface area contributed by atoms with Crippen molar-refractivity contribution in [3.05, 3.63) is 105 Å². The Bertz CT molecular complexity index is 1200. The van der Waals surface area contributed by atoms with Crippen LogP contribution in [-0.4, -0.2) is 26.6 Å². The first kappa shape index (κ1) is 20.4. The third-order valence-electron chi connectivity index (χ3n) is 4.96. The first-order valence-electron chi connectivity index (χ1n) is 9.18. The summed E-state index contributed by atoms with van der Waals surface area (Å²) in [5.74, 6) is -1.71. The molecule has 8 nitrogen and oxygen atoms in total. The third-order valence-corrected chi connectivity index (χ3v) is 5.21. The largest absolute Gasteiger partial charge is 0.507 e. The first-order valence-corrected chi connectivity index (χ1v) is 9.55. The van der Waals surface area contributed by atoms with E-state index < -0.39 is 28.4 Å². The number of benzene rings is 2. The van der Waals surface area contributed by atoms with Gasteiger partial charge in [-0.05, 0) is 42.0 Å². The van der Waals surface area contributed by atoms with E-state index in [9.17, 15) is 24.8 Å². The van der Waals surface area contributed by atoms with Gasteiger partial charge in [0.05, 0.1) is 29.3 Å². The molecule has 0 spiro atoms. The van der Waals surface area contributed by atoms with E-state index in [4.69, 9.17) is 16.0 Å². The molecular weight excluding hydrogens is 424 g/mol. The van der Waals surface area contributed by atoms with E-state index in [1.165, 1.54) is 53.6 Å². The molecular formula is C22H15ClN2O6. The third kappa shape index (κ3) is 3.80. The number of nitro benzene ring substituents is 1. The number of aliphatic hydroxyl groups excluding tert-OH is 1. The number of rotatable bonds is 5. The smallest absolute Gasteiger partial charge is 0.296 e. The van der Waals surface area contributed by atoms with Crippen molar-refractivity contribution in [2.24, 2.45) is 0 Å². The summed E-state index contributed by atoms with van der Waals surface area (Å²) in [4.78, 5) is 37.7. The van der Waals surface area contributed by atoms with Crippen LogP contribution in [0.4, 0.5) is 5.69 Å². The fourth-order valence-electron chi connectivity index (χ4n) is 3.53. The summed E-state index contributed by atoms with van der Waals surface area (Å²) in [6.45, 7) is -0.0532. The van der Waals surface area contributed by atoms with Gasteiger partial charge in [0.2, 0.25) is 0 Å². The van der Waals surface area contributed by atoms with E-state index in [0.717, 1.165) is 0 Å². The van der Waals surface area contributed by atoms with E-state index in [1.54, 1.807) is 18.2 Å². The van der Waals surface area contributed by atoms with E-state index >= 15 is 0 Å². The fourth-order valence-corrected chi connectivity index (χ4v) is 3.66. The normalized spacial score (nSPS) is 17.8. The van der Waals surface area contributed by atoms with Crippen LogP contribution in [-0.2, 0) is 16.1 Å². The zero-order valence-electron chi connectivity index (χ0n) is 15.9.